The minimum absolute atomic E-state index is 0.610. The molecule has 0 aliphatic rings. The zero-order valence-corrected chi connectivity index (χ0v) is 24.3. The first-order valence-corrected chi connectivity index (χ1v) is 16.7. The Hall–Kier alpha value is -3.58. The molecule has 0 saturated carbocycles. The van der Waals surface area contributed by atoms with Crippen molar-refractivity contribution < 1.29 is 119 Å². The van der Waals surface area contributed by atoms with Gasteiger partial charge in [-0.05, 0) is 4.94 Å². The van der Waals surface area contributed by atoms with Gasteiger partial charge in [-0.25, -0.2) is 27.3 Å². The first kappa shape index (κ1) is 43.4. The molecule has 0 aromatic carbocycles. The lowest BCUT2D eigenvalue weighted by Gasteiger charge is -2.22. The van der Waals surface area contributed by atoms with Crippen molar-refractivity contribution in [2.75, 3.05) is 0 Å². The molecule has 0 atom stereocenters. The van der Waals surface area contributed by atoms with E-state index in [4.69, 9.17) is 0 Å². The van der Waals surface area contributed by atoms with Crippen molar-refractivity contribution in [1.82, 2.24) is 23.8 Å². The van der Waals surface area contributed by atoms with Crippen LogP contribution >= 0.6 is 0 Å². The Morgan fingerprint density at radius 3 is 0.702 bits per heavy atom. The number of hydrogen-bond acceptors (Lipinski definition) is 15. The molecular formula is C10H5F12N5O15S5. The zero-order valence-electron chi connectivity index (χ0n) is 20.2. The number of rotatable bonds is 15. The van der Waals surface area contributed by atoms with Crippen molar-refractivity contribution in [2.24, 2.45) is 0 Å². The molecule has 20 nitrogen and oxygen atoms in total. The predicted octanol–water partition coefficient (Wildman–Crippen LogP) is -3.97. The summed E-state index contributed by atoms with van der Waals surface area (Å²) in [6, 6.07) is -4.19. The molecule has 4 amide bonds. The van der Waals surface area contributed by atoms with Crippen LogP contribution in [0.25, 0.3) is 0 Å². The van der Waals surface area contributed by atoms with Gasteiger partial charge in [-0.1, -0.05) is 0 Å². The Bertz CT molecular complexity index is 1930. The number of halogens is 12. The maximum Gasteiger partial charge on any atom is 0.452 e. The fourth-order valence-corrected chi connectivity index (χ4v) is 5.37. The fourth-order valence-electron chi connectivity index (χ4n) is 1.62. The predicted molar refractivity (Wildman–Crippen MR) is 112 cm³/mol. The molecule has 0 rings (SSSR count). The van der Waals surface area contributed by atoms with Crippen LogP contribution < -0.4 is 23.8 Å². The van der Waals surface area contributed by atoms with Crippen molar-refractivity contribution in [3.8, 4) is 0 Å². The van der Waals surface area contributed by atoms with Gasteiger partial charge in [0.05, 0.1) is 0 Å². The molecule has 274 valence electrons. The van der Waals surface area contributed by atoms with Crippen LogP contribution in [0.5, 0.6) is 0 Å². The summed E-state index contributed by atoms with van der Waals surface area (Å²) in [5.74, 6) is -16.6. The molecule has 47 heavy (non-hydrogen) atoms. The van der Waals surface area contributed by atoms with E-state index >= 15 is 0 Å². The smallest absolute Gasteiger partial charge is 0.266 e. The van der Waals surface area contributed by atoms with Gasteiger partial charge in [0.15, 0.2) is 0 Å². The third kappa shape index (κ3) is 7.77. The Kier molecular flexibility index (Phi) is 11.5. The average Bonchev–Trinajstić information content (AvgIpc) is 2.86. The summed E-state index contributed by atoms with van der Waals surface area (Å²) in [7, 11) is -37.2. The van der Waals surface area contributed by atoms with Gasteiger partial charge in [-0.2, -0.15) is 82.0 Å². The first-order chi connectivity index (χ1) is 20.3. The number of nitrogens with one attached hydrogen (secondary N) is 5. The van der Waals surface area contributed by atoms with Crippen LogP contribution in [0.3, 0.4) is 0 Å². The highest BCUT2D eigenvalue weighted by Gasteiger charge is 2.65. The van der Waals surface area contributed by atoms with E-state index in [2.05, 4.69) is 0 Å². The molecule has 0 aromatic heterocycles. The normalized spacial score (nSPS) is 14.5. The lowest BCUT2D eigenvalue weighted by atomic mass is 10.7. The summed E-state index contributed by atoms with van der Waals surface area (Å²) in [5.41, 5.74) is 0. The Morgan fingerprint density at radius 1 is 0.362 bits per heavy atom. The van der Waals surface area contributed by atoms with E-state index in [0.29, 0.717) is 0 Å². The van der Waals surface area contributed by atoms with E-state index < -0.39 is 130 Å². The van der Waals surface area contributed by atoms with E-state index in [1.165, 1.54) is 0 Å². The lowest BCUT2D eigenvalue weighted by Crippen LogP contribution is -2.61. The number of amides is 4. The maximum atomic E-state index is 14.0. The Labute approximate surface area is 248 Å². The maximum absolute atomic E-state index is 14.0. The van der Waals surface area contributed by atoms with Gasteiger partial charge in [-0.15, -0.1) is 4.48 Å². The largest absolute Gasteiger partial charge is 0.452 e. The SMILES string of the molecule is O=C(F)C(F)(F)S(=O)(=O)NC(=O)C(F)(F)S(=O)(=O)NC(=O)C(F)(F)S(=O)(=O)NC(=O)C(F)(F)S(=O)(=O)NC(=O)C(F)(F)S(=O)(=O)NF. The molecule has 0 aliphatic heterocycles. The molecule has 37 heteroatoms. The van der Waals surface area contributed by atoms with E-state index in [0.717, 1.165) is 0 Å². The van der Waals surface area contributed by atoms with E-state index in [1.807, 2.05) is 0 Å². The fraction of sp³-hybridized carbons (Fsp3) is 0.500. The number of carbonyl (C=O) groups is 5. The quantitative estimate of drug-likeness (QED) is 0.0598. The second-order valence-electron chi connectivity index (χ2n) is 7.18. The molecule has 0 saturated heterocycles. The van der Waals surface area contributed by atoms with Gasteiger partial charge in [0.2, 0.25) is 0 Å². The van der Waals surface area contributed by atoms with Crippen molar-refractivity contribution >= 4 is 79.8 Å². The van der Waals surface area contributed by atoms with Crippen LogP contribution in [-0.2, 0) is 74.1 Å². The minimum Gasteiger partial charge on any atom is -0.266 e. The molecule has 0 radical (unpaired) electrons. The van der Waals surface area contributed by atoms with Crippen molar-refractivity contribution in [3.63, 3.8) is 0 Å². The lowest BCUT2D eigenvalue weighted by molar-refractivity contribution is -0.145. The van der Waals surface area contributed by atoms with Gasteiger partial charge >= 0.3 is 106 Å². The number of carbonyl (C=O) groups excluding carboxylic acids is 5. The van der Waals surface area contributed by atoms with Crippen LogP contribution in [0.2, 0.25) is 0 Å². The molecule has 0 bridgehead atoms. The summed E-state index contributed by atoms with van der Waals surface area (Å²) in [6.45, 7) is 0. The van der Waals surface area contributed by atoms with Gasteiger partial charge in [0, 0.05) is 0 Å². The highest BCUT2D eigenvalue weighted by atomic mass is 32.2. The monoisotopic (exact) mass is 823 g/mol. The Morgan fingerprint density at radius 2 is 0.532 bits per heavy atom. The van der Waals surface area contributed by atoms with E-state index in [-0.39, 0.29) is 0 Å². The van der Waals surface area contributed by atoms with Gasteiger partial charge in [0.1, 0.15) is 0 Å². The second kappa shape index (κ2) is 12.5. The van der Waals surface area contributed by atoms with E-state index in [1.54, 1.807) is 0 Å². The second-order valence-corrected chi connectivity index (χ2v) is 15.7. The zero-order chi connectivity index (χ0) is 38.4. The third-order valence-electron chi connectivity index (χ3n) is 3.98. The molecule has 0 aromatic rings. The number of hydrogen-bond donors (Lipinski definition) is 5. The topological polar surface area (TPSA) is 316 Å². The first-order valence-electron chi connectivity index (χ1n) is 9.25. The minimum atomic E-state index is -7.77. The third-order valence-corrected chi connectivity index (χ3v) is 10.3. The molecular weight excluding hydrogens is 818 g/mol. The van der Waals surface area contributed by atoms with Crippen LogP contribution in [0.4, 0.5) is 52.8 Å². The van der Waals surface area contributed by atoms with Crippen LogP contribution in [0.15, 0.2) is 0 Å². The molecule has 0 spiro atoms. The molecule has 0 heterocycles. The molecule has 0 fully saturated rings. The summed E-state index contributed by atoms with van der Waals surface area (Å²) in [5, 5.41) is -33.3. The van der Waals surface area contributed by atoms with Crippen LogP contribution in [-0.4, -0.2) is 98.0 Å². The summed E-state index contributed by atoms with van der Waals surface area (Å²) >= 11 is 0. The van der Waals surface area contributed by atoms with Crippen molar-refractivity contribution in [1.29, 1.82) is 0 Å². The molecule has 5 N–H and O–H groups in total. The summed E-state index contributed by atoms with van der Waals surface area (Å²) in [6.07, 6.45) is 0. The molecule has 0 unspecified atom stereocenters. The van der Waals surface area contributed by atoms with Crippen molar-refractivity contribution in [2.45, 2.75) is 26.3 Å². The number of sulfonamides is 5. The standard InChI is InChI=1S/C10H5F12N5O15S5/c11-1(28)6(12,13)43(33,34)23-2(29)7(14,15)44(35,36)24-3(30)8(16,17)45(37,38)25-4(31)9(18,19)46(39,40)26-5(32)10(20,21)47(41,42)27-22/h27H,(H,23,29)(H,24,30)(H,25,31)(H,26,32). The van der Waals surface area contributed by atoms with E-state index in [9.17, 15) is 119 Å². The van der Waals surface area contributed by atoms with Gasteiger partial charge < -0.3 is 0 Å². The Balaban J connectivity index is 6.31. The van der Waals surface area contributed by atoms with Crippen LogP contribution in [0.1, 0.15) is 0 Å². The summed E-state index contributed by atoms with van der Waals surface area (Å²) in [4.78, 5) is 54.3. The number of alkyl halides is 10. The van der Waals surface area contributed by atoms with Crippen molar-refractivity contribution in [3.05, 3.63) is 0 Å². The highest BCUT2D eigenvalue weighted by Crippen LogP contribution is 2.30. The summed E-state index contributed by atoms with van der Waals surface area (Å²) < 4.78 is 270. The van der Waals surface area contributed by atoms with Gasteiger partial charge in [-0.3, -0.25) is 24.0 Å². The highest BCUT2D eigenvalue weighted by molar-refractivity contribution is 7.95. The average molecular weight is 823 g/mol. The van der Waals surface area contributed by atoms with Crippen LogP contribution in [0, 0.1) is 0 Å². The molecule has 0 aliphatic carbocycles. The van der Waals surface area contributed by atoms with Gasteiger partial charge in [0.25, 0.3) is 0 Å².